The Kier molecular flexibility index (Phi) is 3.49. The van der Waals surface area contributed by atoms with E-state index in [9.17, 15) is 27.9 Å². The smallest absolute Gasteiger partial charge is 0.416 e. The predicted molar refractivity (Wildman–Crippen MR) is 77.3 cm³/mol. The highest BCUT2D eigenvalue weighted by Gasteiger charge is 2.44. The second-order valence-corrected chi connectivity index (χ2v) is 5.60. The van der Waals surface area contributed by atoms with Gasteiger partial charge in [-0.05, 0) is 36.8 Å². The van der Waals surface area contributed by atoms with E-state index in [1.165, 1.54) is 18.2 Å². The maximum Gasteiger partial charge on any atom is 0.416 e. The minimum atomic E-state index is -4.44. The van der Waals surface area contributed by atoms with Crippen molar-refractivity contribution in [2.75, 3.05) is 0 Å². The number of alkyl halides is 3. The lowest BCUT2D eigenvalue weighted by molar-refractivity contribution is -0.144. The Balaban J connectivity index is 1.96. The average molecular weight is 336 g/mol. The minimum absolute atomic E-state index is 0.0373. The van der Waals surface area contributed by atoms with Gasteiger partial charge in [0, 0.05) is 5.56 Å². The zero-order valence-corrected chi connectivity index (χ0v) is 12.3. The van der Waals surface area contributed by atoms with E-state index in [4.69, 9.17) is 4.74 Å². The molecule has 1 heterocycles. The third-order valence-corrected chi connectivity index (χ3v) is 3.85. The standard InChI is InChI=1S/C17H11F3O4/c1-16(23)14(21)7-10-6-13(24-8-12(10)15(16)22)9-2-4-11(5-3-9)17(18,19)20/h2-8,23H,1H3. The minimum Gasteiger partial charge on any atom is -0.464 e. The molecule has 0 amide bonds. The lowest BCUT2D eigenvalue weighted by atomic mass is 9.80. The van der Waals surface area contributed by atoms with Crippen molar-refractivity contribution in [2.45, 2.75) is 18.7 Å². The van der Waals surface area contributed by atoms with Crippen LogP contribution in [-0.2, 0) is 20.5 Å². The molecule has 7 heteroatoms. The second kappa shape index (κ2) is 5.17. The highest BCUT2D eigenvalue weighted by Crippen LogP contribution is 2.35. The Labute approximate surface area is 134 Å². The van der Waals surface area contributed by atoms with Gasteiger partial charge < -0.3 is 9.84 Å². The fourth-order valence-corrected chi connectivity index (χ4v) is 2.38. The van der Waals surface area contributed by atoms with Crippen LogP contribution in [0, 0.1) is 0 Å². The number of ketones is 2. The topological polar surface area (TPSA) is 63.6 Å². The number of carbonyl (C=O) groups is 2. The van der Waals surface area contributed by atoms with Crippen molar-refractivity contribution in [2.24, 2.45) is 0 Å². The summed E-state index contributed by atoms with van der Waals surface area (Å²) in [5, 5.41) is 9.87. The molecule has 1 aliphatic carbocycles. The number of carbonyl (C=O) groups excluding carboxylic acids is 2. The largest absolute Gasteiger partial charge is 0.464 e. The number of aliphatic hydroxyl groups is 1. The Morgan fingerprint density at radius 2 is 1.71 bits per heavy atom. The quantitative estimate of drug-likeness (QED) is 0.801. The maximum absolute atomic E-state index is 12.6. The van der Waals surface area contributed by atoms with E-state index in [0.29, 0.717) is 5.56 Å². The van der Waals surface area contributed by atoms with Crippen LogP contribution in [0.15, 0.2) is 53.8 Å². The highest BCUT2D eigenvalue weighted by atomic mass is 19.4. The summed E-state index contributed by atoms with van der Waals surface area (Å²) in [6.45, 7) is 1.10. The number of halogens is 3. The maximum atomic E-state index is 12.6. The molecule has 0 saturated carbocycles. The van der Waals surface area contributed by atoms with Gasteiger partial charge >= 0.3 is 6.18 Å². The first-order valence-electron chi connectivity index (χ1n) is 6.90. The number of benzene rings is 1. The summed E-state index contributed by atoms with van der Waals surface area (Å²) in [5.74, 6) is -1.35. The summed E-state index contributed by atoms with van der Waals surface area (Å²) in [4.78, 5) is 23.9. The van der Waals surface area contributed by atoms with E-state index in [1.807, 2.05) is 0 Å². The van der Waals surface area contributed by atoms with Crippen molar-refractivity contribution in [1.29, 1.82) is 0 Å². The van der Waals surface area contributed by atoms with Crippen molar-refractivity contribution in [1.82, 2.24) is 0 Å². The van der Waals surface area contributed by atoms with Crippen LogP contribution in [0.1, 0.15) is 18.1 Å². The van der Waals surface area contributed by atoms with Crippen molar-refractivity contribution >= 4 is 17.3 Å². The monoisotopic (exact) mass is 336 g/mol. The molecular formula is C17H11F3O4. The summed E-state index contributed by atoms with van der Waals surface area (Å²) in [5.41, 5.74) is -2.29. The van der Waals surface area contributed by atoms with Crippen molar-refractivity contribution in [3.63, 3.8) is 0 Å². The number of hydrogen-bond acceptors (Lipinski definition) is 4. The first-order chi connectivity index (χ1) is 11.1. The predicted octanol–water partition coefficient (Wildman–Crippen LogP) is 2.79. The van der Waals surface area contributed by atoms with E-state index in [2.05, 4.69) is 0 Å². The van der Waals surface area contributed by atoms with Gasteiger partial charge in [0.25, 0.3) is 0 Å². The summed E-state index contributed by atoms with van der Waals surface area (Å²) >= 11 is 0. The SMILES string of the molecule is CC1(O)C(=O)C=C2C=C(c3ccc(C(F)(F)F)cc3)OC=C2C1=O. The van der Waals surface area contributed by atoms with Crippen LogP contribution in [0.5, 0.6) is 0 Å². The molecule has 2 aliphatic rings. The van der Waals surface area contributed by atoms with Gasteiger partial charge in [-0.2, -0.15) is 13.2 Å². The fraction of sp³-hybridized carbons (Fsp3) is 0.176. The molecule has 0 radical (unpaired) electrons. The van der Waals surface area contributed by atoms with Crippen LogP contribution in [-0.4, -0.2) is 22.3 Å². The van der Waals surface area contributed by atoms with Crippen molar-refractivity contribution in [3.8, 4) is 0 Å². The Bertz CT molecular complexity index is 824. The van der Waals surface area contributed by atoms with Crippen LogP contribution >= 0.6 is 0 Å². The third kappa shape index (κ3) is 2.56. The number of ether oxygens (including phenoxy) is 1. The van der Waals surface area contributed by atoms with E-state index < -0.39 is 28.9 Å². The molecule has 1 unspecified atom stereocenters. The molecule has 0 aromatic heterocycles. The van der Waals surface area contributed by atoms with Crippen molar-refractivity contribution < 1.29 is 32.6 Å². The zero-order chi connectivity index (χ0) is 17.7. The van der Waals surface area contributed by atoms with Gasteiger partial charge in [-0.1, -0.05) is 12.1 Å². The van der Waals surface area contributed by atoms with Gasteiger partial charge in [0.15, 0.2) is 11.4 Å². The van der Waals surface area contributed by atoms with Crippen LogP contribution in [0.3, 0.4) is 0 Å². The molecule has 124 valence electrons. The van der Waals surface area contributed by atoms with Crippen LogP contribution < -0.4 is 0 Å². The number of rotatable bonds is 1. The lowest BCUT2D eigenvalue weighted by Crippen LogP contribution is -2.46. The molecule has 0 spiro atoms. The van der Waals surface area contributed by atoms with E-state index in [1.54, 1.807) is 0 Å². The summed E-state index contributed by atoms with van der Waals surface area (Å²) in [7, 11) is 0. The van der Waals surface area contributed by atoms with Gasteiger partial charge in [0.2, 0.25) is 5.78 Å². The average Bonchev–Trinajstić information content (AvgIpc) is 2.52. The first-order valence-corrected chi connectivity index (χ1v) is 6.90. The third-order valence-electron chi connectivity index (χ3n) is 3.85. The molecule has 1 aliphatic heterocycles. The molecule has 24 heavy (non-hydrogen) atoms. The molecule has 4 nitrogen and oxygen atoms in total. The van der Waals surface area contributed by atoms with Gasteiger partial charge in [-0.15, -0.1) is 0 Å². The fourth-order valence-electron chi connectivity index (χ4n) is 2.38. The molecule has 1 aromatic carbocycles. The second-order valence-electron chi connectivity index (χ2n) is 5.60. The van der Waals surface area contributed by atoms with E-state index in [-0.39, 0.29) is 16.9 Å². The van der Waals surface area contributed by atoms with Crippen molar-refractivity contribution in [3.05, 3.63) is 65.0 Å². The van der Waals surface area contributed by atoms with Crippen LogP contribution in [0.4, 0.5) is 13.2 Å². The Morgan fingerprint density at radius 3 is 2.29 bits per heavy atom. The number of Topliss-reactive ketones (excluding diaryl/α,β-unsaturated/α-hetero) is 1. The normalized spacial score (nSPS) is 23.8. The number of allylic oxidation sites excluding steroid dienone is 2. The van der Waals surface area contributed by atoms with Crippen LogP contribution in [0.2, 0.25) is 0 Å². The zero-order valence-electron chi connectivity index (χ0n) is 12.3. The highest BCUT2D eigenvalue weighted by molar-refractivity contribution is 6.25. The molecule has 0 bridgehead atoms. The molecule has 1 atom stereocenters. The number of fused-ring (bicyclic) bond motifs is 1. The molecule has 1 aromatic rings. The summed E-state index contributed by atoms with van der Waals surface area (Å²) < 4.78 is 43.0. The van der Waals surface area contributed by atoms with Gasteiger partial charge in [0.1, 0.15) is 12.0 Å². The Hall–Kier alpha value is -2.67. The first kappa shape index (κ1) is 16.2. The van der Waals surface area contributed by atoms with E-state index >= 15 is 0 Å². The lowest BCUT2D eigenvalue weighted by Gasteiger charge is -2.27. The van der Waals surface area contributed by atoms with E-state index in [0.717, 1.165) is 31.4 Å². The number of hydrogen-bond donors (Lipinski definition) is 1. The van der Waals surface area contributed by atoms with Gasteiger partial charge in [0.05, 0.1) is 11.1 Å². The van der Waals surface area contributed by atoms with Gasteiger partial charge in [-0.25, -0.2) is 0 Å². The molecule has 0 fully saturated rings. The molecule has 3 rings (SSSR count). The Morgan fingerprint density at radius 1 is 1.08 bits per heavy atom. The molecule has 0 saturated heterocycles. The summed E-state index contributed by atoms with van der Waals surface area (Å²) in [6.07, 6.45) is -0.866. The summed E-state index contributed by atoms with van der Waals surface area (Å²) in [6, 6.07) is 4.29. The van der Waals surface area contributed by atoms with Gasteiger partial charge in [-0.3, -0.25) is 9.59 Å². The van der Waals surface area contributed by atoms with Crippen LogP contribution in [0.25, 0.3) is 5.76 Å². The molecular weight excluding hydrogens is 325 g/mol. The molecule has 1 N–H and O–H groups in total.